The molecular formula is C15H15BrClNO2. The van der Waals surface area contributed by atoms with Crippen LogP contribution in [-0.4, -0.2) is 13.2 Å². The van der Waals surface area contributed by atoms with Gasteiger partial charge in [0.1, 0.15) is 5.75 Å². The van der Waals surface area contributed by atoms with Crippen LogP contribution in [0.3, 0.4) is 0 Å². The van der Waals surface area contributed by atoms with Gasteiger partial charge >= 0.3 is 0 Å². The summed E-state index contributed by atoms with van der Waals surface area (Å²) in [5.41, 5.74) is 3.29. The van der Waals surface area contributed by atoms with E-state index in [9.17, 15) is 0 Å². The fourth-order valence-corrected chi connectivity index (χ4v) is 3.33. The molecule has 1 aliphatic rings. The van der Waals surface area contributed by atoms with Gasteiger partial charge in [-0.25, -0.2) is 0 Å². The van der Waals surface area contributed by atoms with E-state index in [2.05, 4.69) is 28.2 Å². The standard InChI is InChI=1S/C15H15BrClNO2/c1-2-18-13(11-4-6-20-15(11)16)12-8-10(17)7-9-3-5-19-14(9)12/h4,6-8,13,18H,2-3,5H2,1H3. The number of nitrogens with one attached hydrogen (secondary N) is 1. The number of halogens is 2. The third-order valence-electron chi connectivity index (χ3n) is 3.45. The second-order valence-corrected chi connectivity index (χ2v) is 5.88. The van der Waals surface area contributed by atoms with Gasteiger partial charge in [-0.2, -0.15) is 0 Å². The lowest BCUT2D eigenvalue weighted by Gasteiger charge is -2.20. The maximum atomic E-state index is 6.26. The first kappa shape index (κ1) is 14.0. The summed E-state index contributed by atoms with van der Waals surface area (Å²) in [6.45, 7) is 3.63. The maximum Gasteiger partial charge on any atom is 0.174 e. The molecule has 0 saturated carbocycles. The first-order valence-electron chi connectivity index (χ1n) is 6.62. The van der Waals surface area contributed by atoms with E-state index in [-0.39, 0.29) is 6.04 Å². The number of benzene rings is 1. The zero-order valence-electron chi connectivity index (χ0n) is 11.1. The molecular weight excluding hydrogens is 342 g/mol. The minimum Gasteiger partial charge on any atom is -0.493 e. The van der Waals surface area contributed by atoms with Crippen molar-refractivity contribution in [3.05, 3.63) is 50.8 Å². The van der Waals surface area contributed by atoms with Crippen LogP contribution in [0.4, 0.5) is 0 Å². The molecule has 20 heavy (non-hydrogen) atoms. The molecule has 0 fully saturated rings. The number of rotatable bonds is 4. The first-order chi connectivity index (χ1) is 9.70. The number of furan rings is 1. The van der Waals surface area contributed by atoms with E-state index >= 15 is 0 Å². The van der Waals surface area contributed by atoms with E-state index in [1.165, 1.54) is 5.56 Å². The molecule has 0 amide bonds. The highest BCUT2D eigenvalue weighted by atomic mass is 79.9. The molecule has 0 aliphatic carbocycles. The van der Waals surface area contributed by atoms with Crippen molar-refractivity contribution in [3.63, 3.8) is 0 Å². The van der Waals surface area contributed by atoms with Crippen LogP contribution in [0.5, 0.6) is 5.75 Å². The third-order valence-corrected chi connectivity index (χ3v) is 4.32. The average Bonchev–Trinajstić information content (AvgIpc) is 3.04. The molecule has 0 spiro atoms. The van der Waals surface area contributed by atoms with Gasteiger partial charge in [-0.15, -0.1) is 0 Å². The van der Waals surface area contributed by atoms with Gasteiger partial charge in [-0.1, -0.05) is 18.5 Å². The maximum absolute atomic E-state index is 6.26. The van der Waals surface area contributed by atoms with Crippen LogP contribution in [0.2, 0.25) is 5.02 Å². The molecule has 1 atom stereocenters. The van der Waals surface area contributed by atoms with E-state index in [1.54, 1.807) is 6.26 Å². The number of hydrogen-bond acceptors (Lipinski definition) is 3. The van der Waals surface area contributed by atoms with E-state index < -0.39 is 0 Å². The van der Waals surface area contributed by atoms with Gasteiger partial charge in [-0.05, 0) is 46.2 Å². The minimum atomic E-state index is -0.00123. The van der Waals surface area contributed by atoms with E-state index in [1.807, 2.05) is 18.2 Å². The lowest BCUT2D eigenvalue weighted by Crippen LogP contribution is -2.22. The van der Waals surface area contributed by atoms with E-state index in [0.29, 0.717) is 6.61 Å². The molecule has 5 heteroatoms. The largest absolute Gasteiger partial charge is 0.493 e. The summed E-state index contributed by atoms with van der Waals surface area (Å²) in [5.74, 6) is 0.952. The predicted octanol–water partition coefficient (Wildman–Crippen LogP) is 4.33. The highest BCUT2D eigenvalue weighted by molar-refractivity contribution is 9.10. The molecule has 1 aliphatic heterocycles. The van der Waals surface area contributed by atoms with Crippen LogP contribution >= 0.6 is 27.5 Å². The van der Waals surface area contributed by atoms with Crippen LogP contribution in [0.25, 0.3) is 0 Å². The molecule has 0 saturated heterocycles. The molecule has 2 aromatic rings. The summed E-state index contributed by atoms with van der Waals surface area (Å²) < 4.78 is 11.9. The molecule has 0 radical (unpaired) electrons. The zero-order valence-corrected chi connectivity index (χ0v) is 13.4. The Balaban J connectivity index is 2.11. The van der Waals surface area contributed by atoms with Gasteiger partial charge in [0, 0.05) is 22.6 Å². The van der Waals surface area contributed by atoms with Crippen LogP contribution in [0.15, 0.2) is 33.5 Å². The van der Waals surface area contributed by atoms with E-state index in [4.69, 9.17) is 20.8 Å². The molecule has 1 aromatic carbocycles. The third kappa shape index (κ3) is 2.48. The van der Waals surface area contributed by atoms with Crippen molar-refractivity contribution in [1.29, 1.82) is 0 Å². The van der Waals surface area contributed by atoms with Crippen molar-refractivity contribution in [2.45, 2.75) is 19.4 Å². The van der Waals surface area contributed by atoms with Crippen molar-refractivity contribution in [2.75, 3.05) is 13.2 Å². The Hall–Kier alpha value is -0.970. The number of ether oxygens (including phenoxy) is 1. The molecule has 0 bridgehead atoms. The molecule has 1 unspecified atom stereocenters. The Morgan fingerprint density at radius 2 is 2.25 bits per heavy atom. The van der Waals surface area contributed by atoms with Crippen LogP contribution in [-0.2, 0) is 6.42 Å². The Kier molecular flexibility index (Phi) is 4.06. The van der Waals surface area contributed by atoms with Crippen LogP contribution in [0.1, 0.15) is 29.7 Å². The zero-order chi connectivity index (χ0) is 14.1. The Morgan fingerprint density at radius 1 is 1.40 bits per heavy atom. The fourth-order valence-electron chi connectivity index (χ4n) is 2.61. The Labute approximate surface area is 131 Å². The van der Waals surface area contributed by atoms with Gasteiger partial charge in [0.2, 0.25) is 0 Å². The van der Waals surface area contributed by atoms with Crippen molar-refractivity contribution >= 4 is 27.5 Å². The number of fused-ring (bicyclic) bond motifs is 1. The molecule has 3 rings (SSSR count). The van der Waals surface area contributed by atoms with Crippen LogP contribution in [0, 0.1) is 0 Å². The normalized spacial score (nSPS) is 14.9. The van der Waals surface area contributed by atoms with E-state index in [0.717, 1.165) is 39.5 Å². The number of hydrogen-bond donors (Lipinski definition) is 1. The smallest absolute Gasteiger partial charge is 0.174 e. The average molecular weight is 357 g/mol. The summed E-state index contributed by atoms with van der Waals surface area (Å²) in [4.78, 5) is 0. The van der Waals surface area contributed by atoms with Gasteiger partial charge in [-0.3, -0.25) is 0 Å². The molecule has 1 N–H and O–H groups in total. The Bertz CT molecular complexity index is 626. The van der Waals surface area contributed by atoms with Crippen LogP contribution < -0.4 is 10.1 Å². The minimum absolute atomic E-state index is 0.00123. The second-order valence-electron chi connectivity index (χ2n) is 4.72. The second kappa shape index (κ2) is 5.80. The van der Waals surface area contributed by atoms with Gasteiger partial charge in [0.25, 0.3) is 0 Å². The SMILES string of the molecule is CCNC(c1ccoc1Br)c1cc(Cl)cc2c1OCC2. The van der Waals surface area contributed by atoms with Crippen molar-refractivity contribution in [2.24, 2.45) is 0 Å². The van der Waals surface area contributed by atoms with Gasteiger partial charge in [0.05, 0.1) is 18.9 Å². The van der Waals surface area contributed by atoms with Gasteiger partial charge < -0.3 is 14.5 Å². The van der Waals surface area contributed by atoms with Gasteiger partial charge in [0.15, 0.2) is 4.67 Å². The fraction of sp³-hybridized carbons (Fsp3) is 0.333. The highest BCUT2D eigenvalue weighted by Gasteiger charge is 2.26. The van der Waals surface area contributed by atoms with Crippen molar-refractivity contribution < 1.29 is 9.15 Å². The molecule has 1 aromatic heterocycles. The summed E-state index contributed by atoms with van der Waals surface area (Å²) in [6, 6.07) is 5.91. The predicted molar refractivity (Wildman–Crippen MR) is 82.6 cm³/mol. The molecule has 2 heterocycles. The summed E-state index contributed by atoms with van der Waals surface area (Å²) in [6.07, 6.45) is 2.59. The quantitative estimate of drug-likeness (QED) is 0.885. The Morgan fingerprint density at radius 3 is 2.95 bits per heavy atom. The van der Waals surface area contributed by atoms with Crippen molar-refractivity contribution in [1.82, 2.24) is 5.32 Å². The lowest BCUT2D eigenvalue weighted by molar-refractivity contribution is 0.350. The first-order valence-corrected chi connectivity index (χ1v) is 7.79. The summed E-state index contributed by atoms with van der Waals surface area (Å²) in [5, 5.41) is 4.21. The summed E-state index contributed by atoms with van der Waals surface area (Å²) in [7, 11) is 0. The molecule has 3 nitrogen and oxygen atoms in total. The summed E-state index contributed by atoms with van der Waals surface area (Å²) >= 11 is 9.71. The topological polar surface area (TPSA) is 34.4 Å². The van der Waals surface area contributed by atoms with Crippen molar-refractivity contribution in [3.8, 4) is 5.75 Å². The monoisotopic (exact) mass is 355 g/mol. The molecule has 106 valence electrons. The lowest BCUT2D eigenvalue weighted by atomic mass is 9.97. The highest BCUT2D eigenvalue weighted by Crippen LogP contribution is 2.40.